The van der Waals surface area contributed by atoms with E-state index in [9.17, 15) is 14.9 Å². The molecule has 6 heteroatoms. The van der Waals surface area contributed by atoms with Crippen molar-refractivity contribution in [2.75, 3.05) is 12.4 Å². The molecule has 0 amide bonds. The summed E-state index contributed by atoms with van der Waals surface area (Å²) in [5.74, 6) is -0.153. The fourth-order valence-corrected chi connectivity index (χ4v) is 2.84. The number of carbonyl (C=O) groups excluding carboxylic acids is 1. The van der Waals surface area contributed by atoms with Crippen LogP contribution in [0.3, 0.4) is 0 Å². The predicted octanol–water partition coefficient (Wildman–Crippen LogP) is 3.05. The molecule has 1 saturated carbocycles. The van der Waals surface area contributed by atoms with Gasteiger partial charge in [0.1, 0.15) is 0 Å². The number of nitro groups is 1. The van der Waals surface area contributed by atoms with Crippen LogP contribution in [0.5, 0.6) is 0 Å². The maximum absolute atomic E-state index is 11.5. The summed E-state index contributed by atoms with van der Waals surface area (Å²) < 4.78 is 4.77. The van der Waals surface area contributed by atoms with Gasteiger partial charge < -0.3 is 10.1 Å². The molecule has 114 valence electrons. The Morgan fingerprint density at radius 3 is 2.57 bits per heavy atom. The van der Waals surface area contributed by atoms with Crippen LogP contribution < -0.4 is 5.32 Å². The summed E-state index contributed by atoms with van der Waals surface area (Å²) in [6, 6.07) is 5.29. The molecule has 6 nitrogen and oxygen atoms in total. The fourth-order valence-electron chi connectivity index (χ4n) is 2.84. The molecule has 1 N–H and O–H groups in total. The van der Waals surface area contributed by atoms with Gasteiger partial charge in [-0.3, -0.25) is 14.9 Å². The van der Waals surface area contributed by atoms with E-state index in [1.807, 2.05) is 6.07 Å². The molecule has 1 fully saturated rings. The van der Waals surface area contributed by atoms with Crippen molar-refractivity contribution in [3.05, 3.63) is 33.9 Å². The Hall–Kier alpha value is -2.11. The fraction of sp³-hybridized carbons (Fsp3) is 0.533. The second kappa shape index (κ2) is 6.56. The first-order valence-electron chi connectivity index (χ1n) is 7.11. The highest BCUT2D eigenvalue weighted by Gasteiger charge is 2.27. The van der Waals surface area contributed by atoms with Crippen LogP contribution in [0.1, 0.15) is 31.2 Å². The number of anilines is 1. The van der Waals surface area contributed by atoms with Gasteiger partial charge in [-0.15, -0.1) is 0 Å². The number of nitrogens with zero attached hydrogens (tertiary/aromatic N) is 1. The van der Waals surface area contributed by atoms with Crippen LogP contribution >= 0.6 is 0 Å². The quantitative estimate of drug-likeness (QED) is 0.524. The number of rotatable bonds is 4. The third kappa shape index (κ3) is 3.51. The summed E-state index contributed by atoms with van der Waals surface area (Å²) in [5, 5.41) is 14.3. The lowest BCUT2D eigenvalue weighted by molar-refractivity contribution is -0.385. The van der Waals surface area contributed by atoms with Gasteiger partial charge in [0.15, 0.2) is 0 Å². The highest BCUT2D eigenvalue weighted by Crippen LogP contribution is 2.30. The van der Waals surface area contributed by atoms with E-state index in [-0.39, 0.29) is 28.5 Å². The van der Waals surface area contributed by atoms with Gasteiger partial charge in [-0.25, -0.2) is 0 Å². The molecule has 0 spiro atoms. The molecule has 0 heterocycles. The van der Waals surface area contributed by atoms with Crippen molar-refractivity contribution in [3.63, 3.8) is 0 Å². The summed E-state index contributed by atoms with van der Waals surface area (Å²) in [4.78, 5) is 22.1. The Morgan fingerprint density at radius 2 is 2.00 bits per heavy atom. The van der Waals surface area contributed by atoms with E-state index >= 15 is 0 Å². The number of nitro benzene ring substituents is 1. The third-order valence-electron chi connectivity index (χ3n) is 4.12. The monoisotopic (exact) mass is 292 g/mol. The van der Waals surface area contributed by atoms with Crippen molar-refractivity contribution in [2.45, 2.75) is 38.6 Å². The summed E-state index contributed by atoms with van der Waals surface area (Å²) in [5.41, 5.74) is 1.58. The second-order valence-corrected chi connectivity index (χ2v) is 5.42. The molecule has 0 unspecified atom stereocenters. The number of benzene rings is 1. The largest absolute Gasteiger partial charge is 0.469 e. The number of hydrogen-bond acceptors (Lipinski definition) is 5. The molecule has 21 heavy (non-hydrogen) atoms. The van der Waals surface area contributed by atoms with Crippen molar-refractivity contribution in [1.29, 1.82) is 0 Å². The van der Waals surface area contributed by atoms with Crippen molar-refractivity contribution in [2.24, 2.45) is 5.92 Å². The van der Waals surface area contributed by atoms with Crippen molar-refractivity contribution < 1.29 is 14.5 Å². The van der Waals surface area contributed by atoms with E-state index < -0.39 is 0 Å². The Morgan fingerprint density at radius 1 is 1.33 bits per heavy atom. The molecule has 1 aromatic rings. The van der Waals surface area contributed by atoms with Crippen LogP contribution in [0, 0.1) is 23.0 Å². The topological polar surface area (TPSA) is 81.5 Å². The van der Waals surface area contributed by atoms with Crippen LogP contribution in [0.4, 0.5) is 11.4 Å². The van der Waals surface area contributed by atoms with Gasteiger partial charge in [0, 0.05) is 23.4 Å². The zero-order chi connectivity index (χ0) is 15.4. The standard InChI is InChI=1S/C15H20N2O4/c1-10-13(4-3-5-14(10)17(19)20)16-12-8-6-11(7-9-12)15(18)21-2/h3-5,11-12,16H,6-9H2,1-2H3. The molecule has 1 aliphatic carbocycles. The average Bonchev–Trinajstić information content (AvgIpc) is 2.49. The van der Waals surface area contributed by atoms with E-state index in [0.717, 1.165) is 31.4 Å². The maximum atomic E-state index is 11.5. The summed E-state index contributed by atoms with van der Waals surface area (Å²) in [6.07, 6.45) is 3.31. The molecule has 0 aromatic heterocycles. The Balaban J connectivity index is 1.99. The molecular weight excluding hydrogens is 272 g/mol. The third-order valence-corrected chi connectivity index (χ3v) is 4.12. The zero-order valence-corrected chi connectivity index (χ0v) is 12.3. The van der Waals surface area contributed by atoms with Gasteiger partial charge >= 0.3 is 5.97 Å². The molecule has 0 radical (unpaired) electrons. The molecule has 0 saturated heterocycles. The minimum absolute atomic E-state index is 0.0146. The van der Waals surface area contributed by atoms with Gasteiger partial charge in [0.25, 0.3) is 5.69 Å². The van der Waals surface area contributed by atoms with Crippen molar-refractivity contribution in [1.82, 2.24) is 0 Å². The van der Waals surface area contributed by atoms with Gasteiger partial charge in [-0.1, -0.05) is 6.07 Å². The van der Waals surface area contributed by atoms with E-state index in [1.54, 1.807) is 13.0 Å². The molecule has 0 aliphatic heterocycles. The first-order valence-corrected chi connectivity index (χ1v) is 7.11. The zero-order valence-electron chi connectivity index (χ0n) is 12.3. The molecular formula is C15H20N2O4. The smallest absolute Gasteiger partial charge is 0.308 e. The normalized spacial score (nSPS) is 21.6. The number of methoxy groups -OCH3 is 1. The lowest BCUT2D eigenvalue weighted by Crippen LogP contribution is -2.30. The van der Waals surface area contributed by atoms with E-state index in [1.165, 1.54) is 13.2 Å². The number of esters is 1. The minimum atomic E-state index is -0.366. The number of ether oxygens (including phenoxy) is 1. The van der Waals surface area contributed by atoms with Crippen LogP contribution in [0.2, 0.25) is 0 Å². The SMILES string of the molecule is COC(=O)C1CCC(Nc2cccc([N+](=O)[O-])c2C)CC1. The number of hydrogen-bond donors (Lipinski definition) is 1. The number of nitrogens with one attached hydrogen (secondary N) is 1. The molecule has 0 atom stereocenters. The molecule has 1 aliphatic rings. The minimum Gasteiger partial charge on any atom is -0.469 e. The summed E-state index contributed by atoms with van der Waals surface area (Å²) >= 11 is 0. The highest BCUT2D eigenvalue weighted by molar-refractivity contribution is 5.72. The van der Waals surface area contributed by atoms with E-state index in [0.29, 0.717) is 5.56 Å². The average molecular weight is 292 g/mol. The highest BCUT2D eigenvalue weighted by atomic mass is 16.6. The molecule has 2 rings (SSSR count). The first-order chi connectivity index (χ1) is 10.0. The summed E-state index contributed by atoms with van der Waals surface area (Å²) in [7, 11) is 1.42. The Labute approximate surface area is 123 Å². The van der Waals surface area contributed by atoms with Gasteiger partial charge in [0.2, 0.25) is 0 Å². The number of carbonyl (C=O) groups is 1. The summed E-state index contributed by atoms with van der Waals surface area (Å²) in [6.45, 7) is 1.75. The lowest BCUT2D eigenvalue weighted by Gasteiger charge is -2.28. The molecule has 1 aromatic carbocycles. The van der Waals surface area contributed by atoms with Crippen LogP contribution in [0.15, 0.2) is 18.2 Å². The first kappa shape index (κ1) is 15.3. The van der Waals surface area contributed by atoms with Gasteiger partial charge in [-0.05, 0) is 38.7 Å². The maximum Gasteiger partial charge on any atom is 0.308 e. The molecule has 0 bridgehead atoms. The van der Waals surface area contributed by atoms with Crippen molar-refractivity contribution in [3.8, 4) is 0 Å². The van der Waals surface area contributed by atoms with E-state index in [4.69, 9.17) is 4.74 Å². The van der Waals surface area contributed by atoms with Crippen LogP contribution in [0.25, 0.3) is 0 Å². The lowest BCUT2D eigenvalue weighted by atomic mass is 9.86. The van der Waals surface area contributed by atoms with Crippen molar-refractivity contribution >= 4 is 17.3 Å². The predicted molar refractivity (Wildman–Crippen MR) is 79.2 cm³/mol. The van der Waals surface area contributed by atoms with E-state index in [2.05, 4.69) is 5.32 Å². The Kier molecular flexibility index (Phi) is 4.77. The Bertz CT molecular complexity index is 536. The van der Waals surface area contributed by atoms with Gasteiger partial charge in [0.05, 0.1) is 18.0 Å². The van der Waals surface area contributed by atoms with Gasteiger partial charge in [-0.2, -0.15) is 0 Å². The van der Waals surface area contributed by atoms with Crippen LogP contribution in [-0.2, 0) is 9.53 Å². The second-order valence-electron chi connectivity index (χ2n) is 5.42. The van der Waals surface area contributed by atoms with Crippen LogP contribution in [-0.4, -0.2) is 24.0 Å².